The number of hydrogen-bond donors (Lipinski definition) is 2. The molecule has 0 radical (unpaired) electrons. The van der Waals surface area contributed by atoms with Crippen LogP contribution in [0.3, 0.4) is 0 Å². The molecule has 0 spiro atoms. The summed E-state index contributed by atoms with van der Waals surface area (Å²) in [5.41, 5.74) is 11.0. The summed E-state index contributed by atoms with van der Waals surface area (Å²) in [6, 6.07) is -0.0154. The van der Waals surface area contributed by atoms with Crippen molar-refractivity contribution in [1.82, 2.24) is 4.90 Å². The Bertz CT molecular complexity index is 323. The van der Waals surface area contributed by atoms with Gasteiger partial charge in [-0.25, -0.2) is 0 Å². The van der Waals surface area contributed by atoms with E-state index < -0.39 is 5.91 Å². The zero-order valence-electron chi connectivity index (χ0n) is 12.2. The van der Waals surface area contributed by atoms with Crippen molar-refractivity contribution < 1.29 is 9.59 Å². The van der Waals surface area contributed by atoms with Crippen molar-refractivity contribution in [2.24, 2.45) is 16.9 Å². The molecule has 0 aromatic carbocycles. The van der Waals surface area contributed by atoms with Gasteiger partial charge in [-0.2, -0.15) is 0 Å². The van der Waals surface area contributed by atoms with Crippen LogP contribution in [0.2, 0.25) is 0 Å². The Hall–Kier alpha value is -1.10. The summed E-state index contributed by atoms with van der Waals surface area (Å²) in [7, 11) is 0. The molecule has 5 nitrogen and oxygen atoms in total. The Labute approximate surface area is 115 Å². The third-order valence-electron chi connectivity index (χ3n) is 4.14. The third-order valence-corrected chi connectivity index (χ3v) is 4.14. The van der Waals surface area contributed by atoms with Gasteiger partial charge in [-0.15, -0.1) is 0 Å². The highest BCUT2D eigenvalue weighted by atomic mass is 16.2. The lowest BCUT2D eigenvalue weighted by atomic mass is 9.71. The van der Waals surface area contributed by atoms with Crippen LogP contribution in [0, 0.1) is 5.41 Å². The SMILES string of the molecule is CC(C)N(CC(N)=O)C(=O)CC1(CN)CCCCC1. The van der Waals surface area contributed by atoms with Gasteiger partial charge in [0.15, 0.2) is 0 Å². The summed E-state index contributed by atoms with van der Waals surface area (Å²) >= 11 is 0. The van der Waals surface area contributed by atoms with E-state index in [0.717, 1.165) is 25.7 Å². The maximum Gasteiger partial charge on any atom is 0.237 e. The van der Waals surface area contributed by atoms with Gasteiger partial charge in [0.05, 0.1) is 6.54 Å². The molecule has 4 N–H and O–H groups in total. The Kier molecular flexibility index (Phi) is 5.79. The molecule has 1 aliphatic carbocycles. The number of primary amides is 1. The van der Waals surface area contributed by atoms with E-state index in [9.17, 15) is 9.59 Å². The van der Waals surface area contributed by atoms with Gasteiger partial charge < -0.3 is 16.4 Å². The number of hydrogen-bond acceptors (Lipinski definition) is 3. The van der Waals surface area contributed by atoms with Crippen molar-refractivity contribution in [3.8, 4) is 0 Å². The molecule has 0 aromatic heterocycles. The smallest absolute Gasteiger partial charge is 0.237 e. The zero-order chi connectivity index (χ0) is 14.5. The standard InChI is InChI=1S/C14H27N3O2/c1-11(2)17(9-12(16)18)13(19)8-14(10-15)6-4-3-5-7-14/h11H,3-10,15H2,1-2H3,(H2,16,18). The van der Waals surface area contributed by atoms with Crippen molar-refractivity contribution in [3.05, 3.63) is 0 Å². The van der Waals surface area contributed by atoms with Gasteiger partial charge in [0, 0.05) is 12.5 Å². The Balaban J connectivity index is 2.71. The summed E-state index contributed by atoms with van der Waals surface area (Å²) in [5.74, 6) is -0.464. The highest BCUT2D eigenvalue weighted by Crippen LogP contribution is 2.38. The maximum atomic E-state index is 12.4. The highest BCUT2D eigenvalue weighted by Gasteiger charge is 2.35. The molecule has 1 aliphatic rings. The van der Waals surface area contributed by atoms with Gasteiger partial charge in [0.1, 0.15) is 0 Å². The first kappa shape index (κ1) is 16.0. The lowest BCUT2D eigenvalue weighted by Gasteiger charge is -2.38. The molecule has 0 bridgehead atoms. The van der Waals surface area contributed by atoms with Crippen LogP contribution in [0.25, 0.3) is 0 Å². The quantitative estimate of drug-likeness (QED) is 0.754. The van der Waals surface area contributed by atoms with Crippen molar-refractivity contribution >= 4 is 11.8 Å². The highest BCUT2D eigenvalue weighted by molar-refractivity contribution is 5.84. The van der Waals surface area contributed by atoms with E-state index in [1.165, 1.54) is 6.42 Å². The van der Waals surface area contributed by atoms with Crippen LogP contribution >= 0.6 is 0 Å². The van der Waals surface area contributed by atoms with Crippen LogP contribution in [0.15, 0.2) is 0 Å². The molecule has 5 heteroatoms. The zero-order valence-corrected chi connectivity index (χ0v) is 12.2. The van der Waals surface area contributed by atoms with E-state index >= 15 is 0 Å². The predicted octanol–water partition coefficient (Wildman–Crippen LogP) is 1.01. The van der Waals surface area contributed by atoms with E-state index in [1.54, 1.807) is 4.90 Å². The topological polar surface area (TPSA) is 89.4 Å². The first-order valence-corrected chi connectivity index (χ1v) is 7.18. The summed E-state index contributed by atoms with van der Waals surface area (Å²) in [6.07, 6.45) is 5.97. The molecule has 110 valence electrons. The largest absolute Gasteiger partial charge is 0.368 e. The minimum absolute atomic E-state index is 0.00106. The number of amides is 2. The van der Waals surface area contributed by atoms with Crippen LogP contribution in [-0.2, 0) is 9.59 Å². The van der Waals surface area contributed by atoms with Gasteiger partial charge >= 0.3 is 0 Å². The van der Waals surface area contributed by atoms with Crippen LogP contribution < -0.4 is 11.5 Å². The predicted molar refractivity (Wildman–Crippen MR) is 75.2 cm³/mol. The number of rotatable bonds is 6. The molecule has 1 saturated carbocycles. The van der Waals surface area contributed by atoms with E-state index in [1.807, 2.05) is 13.8 Å². The number of carbonyl (C=O) groups excluding carboxylic acids is 2. The molecule has 0 atom stereocenters. The van der Waals surface area contributed by atoms with Crippen molar-refractivity contribution in [3.63, 3.8) is 0 Å². The van der Waals surface area contributed by atoms with Gasteiger partial charge in [-0.05, 0) is 38.6 Å². The minimum Gasteiger partial charge on any atom is -0.368 e. The number of nitrogens with zero attached hydrogens (tertiary/aromatic N) is 1. The average Bonchev–Trinajstić information content (AvgIpc) is 2.36. The lowest BCUT2D eigenvalue weighted by Crippen LogP contribution is -2.46. The normalized spacial score (nSPS) is 18.3. The summed E-state index contributed by atoms with van der Waals surface area (Å²) in [5, 5.41) is 0. The molecule has 0 aliphatic heterocycles. The fourth-order valence-corrected chi connectivity index (χ4v) is 2.90. The van der Waals surface area contributed by atoms with Crippen LogP contribution in [0.4, 0.5) is 0 Å². The second-order valence-corrected chi connectivity index (χ2v) is 6.02. The van der Waals surface area contributed by atoms with E-state index in [0.29, 0.717) is 13.0 Å². The monoisotopic (exact) mass is 269 g/mol. The second-order valence-electron chi connectivity index (χ2n) is 6.02. The summed E-state index contributed by atoms with van der Waals surface area (Å²) < 4.78 is 0. The van der Waals surface area contributed by atoms with Crippen molar-refractivity contribution in [2.75, 3.05) is 13.1 Å². The van der Waals surface area contributed by atoms with E-state index in [-0.39, 0.29) is 23.9 Å². The van der Waals surface area contributed by atoms with Gasteiger partial charge in [-0.1, -0.05) is 19.3 Å². The Morgan fingerprint density at radius 3 is 2.21 bits per heavy atom. The van der Waals surface area contributed by atoms with Gasteiger partial charge in [0.25, 0.3) is 0 Å². The van der Waals surface area contributed by atoms with Gasteiger partial charge in [0.2, 0.25) is 11.8 Å². The van der Waals surface area contributed by atoms with Crippen LogP contribution in [-0.4, -0.2) is 35.8 Å². The Morgan fingerprint density at radius 2 is 1.79 bits per heavy atom. The molecule has 1 rings (SSSR count). The van der Waals surface area contributed by atoms with E-state index in [4.69, 9.17) is 11.5 Å². The molecular weight excluding hydrogens is 242 g/mol. The summed E-state index contributed by atoms with van der Waals surface area (Å²) in [6.45, 7) is 4.34. The molecule has 2 amide bonds. The van der Waals surface area contributed by atoms with Crippen molar-refractivity contribution in [1.29, 1.82) is 0 Å². The molecule has 0 saturated heterocycles. The number of carbonyl (C=O) groups is 2. The third kappa shape index (κ3) is 4.49. The van der Waals surface area contributed by atoms with Crippen LogP contribution in [0.1, 0.15) is 52.4 Å². The van der Waals surface area contributed by atoms with Crippen molar-refractivity contribution in [2.45, 2.75) is 58.4 Å². The summed E-state index contributed by atoms with van der Waals surface area (Å²) in [4.78, 5) is 25.0. The van der Waals surface area contributed by atoms with Gasteiger partial charge in [-0.3, -0.25) is 9.59 Å². The second kappa shape index (κ2) is 6.89. The molecule has 0 aromatic rings. The van der Waals surface area contributed by atoms with Crippen LogP contribution in [0.5, 0.6) is 0 Å². The first-order chi connectivity index (χ1) is 8.90. The fraction of sp³-hybridized carbons (Fsp3) is 0.857. The lowest BCUT2D eigenvalue weighted by molar-refractivity contribution is -0.139. The molecular formula is C14H27N3O2. The fourth-order valence-electron chi connectivity index (χ4n) is 2.90. The molecule has 19 heavy (non-hydrogen) atoms. The molecule has 0 heterocycles. The minimum atomic E-state index is -0.465. The Morgan fingerprint density at radius 1 is 1.21 bits per heavy atom. The first-order valence-electron chi connectivity index (χ1n) is 7.18. The number of nitrogens with two attached hydrogens (primary N) is 2. The van der Waals surface area contributed by atoms with E-state index in [2.05, 4.69) is 0 Å². The molecule has 1 fully saturated rings. The average molecular weight is 269 g/mol. The maximum absolute atomic E-state index is 12.4. The molecule has 0 unspecified atom stereocenters.